The van der Waals surface area contributed by atoms with E-state index < -0.39 is 0 Å². The largest absolute Gasteiger partial charge is 0.393 e. The van der Waals surface area contributed by atoms with E-state index in [2.05, 4.69) is 5.32 Å². The number of rotatable bonds is 3. The van der Waals surface area contributed by atoms with E-state index in [9.17, 15) is 4.79 Å². The Hall–Kier alpha value is -0.610. The third-order valence-electron chi connectivity index (χ3n) is 2.23. The van der Waals surface area contributed by atoms with E-state index in [0.29, 0.717) is 19.5 Å². The molecule has 1 aliphatic rings. The van der Waals surface area contributed by atoms with Crippen LogP contribution in [0.3, 0.4) is 0 Å². The Labute approximate surface area is 78.9 Å². The molecule has 4 heteroatoms. The lowest BCUT2D eigenvalue weighted by Crippen LogP contribution is -2.36. The Balaban J connectivity index is 2.32. The number of nitrogens with zero attached hydrogens (tertiary/aromatic N) is 1. The second-order valence-corrected chi connectivity index (χ2v) is 3.55. The fourth-order valence-corrected chi connectivity index (χ4v) is 1.41. The van der Waals surface area contributed by atoms with Gasteiger partial charge in [0, 0.05) is 13.1 Å². The molecule has 1 rings (SSSR count). The van der Waals surface area contributed by atoms with Gasteiger partial charge in [0.05, 0.1) is 12.6 Å². The molecule has 0 aliphatic carbocycles. The monoisotopic (exact) mass is 186 g/mol. The van der Waals surface area contributed by atoms with E-state index in [-0.39, 0.29) is 12.0 Å². The number of nitrogens with one attached hydrogen (secondary N) is 1. The van der Waals surface area contributed by atoms with E-state index >= 15 is 0 Å². The number of carbonyl (C=O) groups excluding carboxylic acids is 1. The molecule has 13 heavy (non-hydrogen) atoms. The highest BCUT2D eigenvalue weighted by atomic mass is 16.3. The van der Waals surface area contributed by atoms with Crippen LogP contribution in [0, 0.1) is 0 Å². The molecule has 1 unspecified atom stereocenters. The van der Waals surface area contributed by atoms with Crippen LogP contribution in [0.2, 0.25) is 0 Å². The van der Waals surface area contributed by atoms with Crippen molar-refractivity contribution in [3.8, 4) is 0 Å². The topological polar surface area (TPSA) is 52.6 Å². The first-order valence-corrected chi connectivity index (χ1v) is 4.86. The van der Waals surface area contributed by atoms with E-state index in [0.717, 1.165) is 19.5 Å². The molecule has 4 nitrogen and oxygen atoms in total. The zero-order valence-electron chi connectivity index (χ0n) is 8.12. The van der Waals surface area contributed by atoms with Crippen LogP contribution in [-0.2, 0) is 4.79 Å². The molecule has 2 N–H and O–H groups in total. The van der Waals surface area contributed by atoms with Crippen LogP contribution in [0.5, 0.6) is 0 Å². The van der Waals surface area contributed by atoms with E-state index in [1.165, 1.54) is 0 Å². The van der Waals surface area contributed by atoms with Gasteiger partial charge < -0.3 is 15.3 Å². The zero-order chi connectivity index (χ0) is 9.68. The van der Waals surface area contributed by atoms with Gasteiger partial charge in [-0.2, -0.15) is 0 Å². The Morgan fingerprint density at radius 3 is 3.15 bits per heavy atom. The molecule has 1 aliphatic heterocycles. The van der Waals surface area contributed by atoms with Gasteiger partial charge in [-0.1, -0.05) is 0 Å². The van der Waals surface area contributed by atoms with Crippen LogP contribution in [0.1, 0.15) is 19.8 Å². The molecule has 1 atom stereocenters. The van der Waals surface area contributed by atoms with E-state index in [1.807, 2.05) is 4.90 Å². The lowest BCUT2D eigenvalue weighted by Gasteiger charge is -2.20. The molecule has 0 radical (unpaired) electrons. The second kappa shape index (κ2) is 5.19. The highest BCUT2D eigenvalue weighted by Gasteiger charge is 2.15. The number of hydrogen-bond acceptors (Lipinski definition) is 3. The van der Waals surface area contributed by atoms with Gasteiger partial charge in [0.15, 0.2) is 0 Å². The first kappa shape index (κ1) is 10.5. The Kier molecular flexibility index (Phi) is 4.18. The van der Waals surface area contributed by atoms with Crippen molar-refractivity contribution in [2.75, 3.05) is 26.2 Å². The third-order valence-corrected chi connectivity index (χ3v) is 2.23. The first-order valence-electron chi connectivity index (χ1n) is 4.86. The van der Waals surface area contributed by atoms with Crippen molar-refractivity contribution in [2.24, 2.45) is 0 Å². The fraction of sp³-hybridized carbons (Fsp3) is 0.889. The molecule has 1 saturated heterocycles. The smallest absolute Gasteiger partial charge is 0.236 e. The summed E-state index contributed by atoms with van der Waals surface area (Å²) in [6, 6.07) is 0. The Morgan fingerprint density at radius 2 is 2.46 bits per heavy atom. The summed E-state index contributed by atoms with van der Waals surface area (Å²) >= 11 is 0. The highest BCUT2D eigenvalue weighted by Crippen LogP contribution is 2.00. The van der Waals surface area contributed by atoms with Crippen molar-refractivity contribution in [3.05, 3.63) is 0 Å². The lowest BCUT2D eigenvalue weighted by atomic mass is 10.2. The number of hydrogen-bond donors (Lipinski definition) is 2. The maximum Gasteiger partial charge on any atom is 0.236 e. The molecule has 0 saturated carbocycles. The van der Waals surface area contributed by atoms with Crippen molar-refractivity contribution in [2.45, 2.75) is 25.9 Å². The molecule has 0 bridgehead atoms. The molecule has 0 aromatic rings. The maximum absolute atomic E-state index is 11.4. The van der Waals surface area contributed by atoms with Gasteiger partial charge in [-0.05, 0) is 26.3 Å². The van der Waals surface area contributed by atoms with Gasteiger partial charge in [-0.25, -0.2) is 0 Å². The number of aliphatic hydroxyl groups excluding tert-OH is 1. The molecule has 76 valence electrons. The molecule has 1 fully saturated rings. The van der Waals surface area contributed by atoms with E-state index in [1.54, 1.807) is 6.92 Å². The number of amides is 1. The number of aliphatic hydroxyl groups is 1. The highest BCUT2D eigenvalue weighted by molar-refractivity contribution is 5.78. The molecule has 0 spiro atoms. The van der Waals surface area contributed by atoms with Crippen molar-refractivity contribution >= 4 is 5.91 Å². The summed E-state index contributed by atoms with van der Waals surface area (Å²) in [5.74, 6) is 0.151. The SMILES string of the molecule is CC(O)CCN1CCCNCC1=O. The minimum Gasteiger partial charge on any atom is -0.393 e. The van der Waals surface area contributed by atoms with Crippen LogP contribution in [0.4, 0.5) is 0 Å². The summed E-state index contributed by atoms with van der Waals surface area (Å²) in [6.45, 7) is 4.61. The van der Waals surface area contributed by atoms with Crippen molar-refractivity contribution < 1.29 is 9.90 Å². The van der Waals surface area contributed by atoms with Crippen LogP contribution in [0.15, 0.2) is 0 Å². The van der Waals surface area contributed by atoms with Crippen LogP contribution < -0.4 is 5.32 Å². The van der Waals surface area contributed by atoms with Crippen molar-refractivity contribution in [1.82, 2.24) is 10.2 Å². The van der Waals surface area contributed by atoms with Crippen molar-refractivity contribution in [3.63, 3.8) is 0 Å². The zero-order valence-corrected chi connectivity index (χ0v) is 8.12. The normalized spacial score (nSPS) is 21.4. The summed E-state index contributed by atoms with van der Waals surface area (Å²) in [6.07, 6.45) is 1.36. The average Bonchev–Trinajstić information content (AvgIpc) is 2.27. The lowest BCUT2D eigenvalue weighted by molar-refractivity contribution is -0.129. The van der Waals surface area contributed by atoms with Crippen molar-refractivity contribution in [1.29, 1.82) is 0 Å². The molecule has 1 amide bonds. The van der Waals surface area contributed by atoms with E-state index in [4.69, 9.17) is 5.11 Å². The summed E-state index contributed by atoms with van der Waals surface area (Å²) in [7, 11) is 0. The third kappa shape index (κ3) is 3.74. The Morgan fingerprint density at radius 1 is 1.69 bits per heavy atom. The van der Waals surface area contributed by atoms with Gasteiger partial charge in [0.25, 0.3) is 0 Å². The van der Waals surface area contributed by atoms with Gasteiger partial charge >= 0.3 is 0 Å². The molecular formula is C9H18N2O2. The molecule has 0 aromatic carbocycles. The van der Waals surface area contributed by atoms with Gasteiger partial charge in [-0.3, -0.25) is 4.79 Å². The minimum atomic E-state index is -0.316. The number of carbonyl (C=O) groups is 1. The summed E-state index contributed by atoms with van der Waals surface area (Å²) in [5.41, 5.74) is 0. The Bertz CT molecular complexity index is 171. The molecule has 0 aromatic heterocycles. The van der Waals surface area contributed by atoms with Crippen LogP contribution >= 0.6 is 0 Å². The second-order valence-electron chi connectivity index (χ2n) is 3.55. The summed E-state index contributed by atoms with van der Waals surface area (Å²) in [4.78, 5) is 13.2. The first-order chi connectivity index (χ1) is 6.20. The van der Waals surface area contributed by atoms with Gasteiger partial charge in [0.2, 0.25) is 5.91 Å². The quantitative estimate of drug-likeness (QED) is 0.629. The summed E-state index contributed by atoms with van der Waals surface area (Å²) < 4.78 is 0. The summed E-state index contributed by atoms with van der Waals surface area (Å²) in [5, 5.41) is 12.1. The van der Waals surface area contributed by atoms with Crippen LogP contribution in [-0.4, -0.2) is 48.2 Å². The fourth-order valence-electron chi connectivity index (χ4n) is 1.41. The molecular weight excluding hydrogens is 168 g/mol. The van der Waals surface area contributed by atoms with Crippen LogP contribution in [0.25, 0.3) is 0 Å². The standard InChI is InChI=1S/C9H18N2O2/c1-8(12)3-6-11-5-2-4-10-7-9(11)13/h8,10,12H,2-7H2,1H3. The maximum atomic E-state index is 11.4. The predicted octanol–water partition coefficient (Wildman–Crippen LogP) is -0.421. The van der Waals surface area contributed by atoms with Gasteiger partial charge in [-0.15, -0.1) is 0 Å². The average molecular weight is 186 g/mol. The van der Waals surface area contributed by atoms with Gasteiger partial charge in [0.1, 0.15) is 0 Å². The molecule has 1 heterocycles. The predicted molar refractivity (Wildman–Crippen MR) is 50.4 cm³/mol. The minimum absolute atomic E-state index is 0.151.